The Balaban J connectivity index is 2.29. The van der Waals surface area contributed by atoms with Crippen LogP contribution in [0.15, 0.2) is 0 Å². The highest BCUT2D eigenvalue weighted by Crippen LogP contribution is 2.30. The van der Waals surface area contributed by atoms with E-state index in [1.165, 1.54) is 0 Å². The lowest BCUT2D eigenvalue weighted by Crippen LogP contribution is -2.36. The van der Waals surface area contributed by atoms with Crippen LogP contribution in [0.2, 0.25) is 0 Å². The third-order valence-electron chi connectivity index (χ3n) is 2.55. The van der Waals surface area contributed by atoms with Gasteiger partial charge in [-0.1, -0.05) is 0 Å². The molecule has 0 aromatic carbocycles. The Kier molecular flexibility index (Phi) is 3.50. The van der Waals surface area contributed by atoms with E-state index in [2.05, 4.69) is 6.92 Å². The third kappa shape index (κ3) is 2.73. The van der Waals surface area contributed by atoms with Gasteiger partial charge in [-0.05, 0) is 32.6 Å². The van der Waals surface area contributed by atoms with Gasteiger partial charge < -0.3 is 14.9 Å². The molecule has 1 saturated carbocycles. The smallest absolute Gasteiger partial charge is 0.0705 e. The minimum absolute atomic E-state index is 0.0815. The predicted molar refractivity (Wildman–Crippen MR) is 45.9 cm³/mol. The van der Waals surface area contributed by atoms with Gasteiger partial charge in [-0.3, -0.25) is 0 Å². The normalized spacial score (nSPS) is 36.8. The molecule has 0 aromatic rings. The van der Waals surface area contributed by atoms with Crippen LogP contribution in [-0.2, 0) is 4.74 Å². The molecule has 2 N–H and O–H groups in total. The quantitative estimate of drug-likeness (QED) is 0.661. The lowest BCUT2D eigenvalue weighted by molar-refractivity contribution is -0.0850. The number of hydrogen-bond acceptors (Lipinski definition) is 3. The molecule has 0 heterocycles. The maximum absolute atomic E-state index is 9.26. The Morgan fingerprint density at radius 2 is 2.00 bits per heavy atom. The van der Waals surface area contributed by atoms with Crippen LogP contribution in [0.3, 0.4) is 0 Å². The molecule has 0 spiro atoms. The van der Waals surface area contributed by atoms with Gasteiger partial charge in [0.2, 0.25) is 0 Å². The zero-order valence-electron chi connectivity index (χ0n) is 7.62. The standard InChI is InChI=1S/C9H18O3/c1-9(12-7-6-10)4-2-8(11)3-5-9/h8,10-11H,2-7H2,1H3. The van der Waals surface area contributed by atoms with Crippen LogP contribution >= 0.6 is 0 Å². The minimum Gasteiger partial charge on any atom is -0.394 e. The SMILES string of the molecule is CC1(OCCO)CCC(O)CC1. The second-order valence-electron chi connectivity index (χ2n) is 3.75. The number of rotatable bonds is 3. The summed E-state index contributed by atoms with van der Waals surface area (Å²) in [5.41, 5.74) is -0.109. The summed E-state index contributed by atoms with van der Waals surface area (Å²) in [7, 11) is 0. The Hall–Kier alpha value is -0.120. The average molecular weight is 174 g/mol. The van der Waals surface area contributed by atoms with Crippen molar-refractivity contribution in [3.05, 3.63) is 0 Å². The molecule has 0 radical (unpaired) electrons. The van der Waals surface area contributed by atoms with Crippen LogP contribution in [0, 0.1) is 0 Å². The molecule has 0 atom stereocenters. The third-order valence-corrected chi connectivity index (χ3v) is 2.55. The first-order valence-corrected chi connectivity index (χ1v) is 4.59. The van der Waals surface area contributed by atoms with Crippen molar-refractivity contribution >= 4 is 0 Å². The van der Waals surface area contributed by atoms with Crippen molar-refractivity contribution in [2.75, 3.05) is 13.2 Å². The van der Waals surface area contributed by atoms with Crippen molar-refractivity contribution in [1.29, 1.82) is 0 Å². The molecule has 1 aliphatic carbocycles. The highest BCUT2D eigenvalue weighted by molar-refractivity contribution is 4.82. The van der Waals surface area contributed by atoms with Crippen LogP contribution in [0.4, 0.5) is 0 Å². The second-order valence-corrected chi connectivity index (χ2v) is 3.75. The molecule has 72 valence electrons. The van der Waals surface area contributed by atoms with E-state index >= 15 is 0 Å². The van der Waals surface area contributed by atoms with Crippen molar-refractivity contribution in [3.8, 4) is 0 Å². The summed E-state index contributed by atoms with van der Waals surface area (Å²) in [4.78, 5) is 0. The molecule has 3 heteroatoms. The van der Waals surface area contributed by atoms with Gasteiger partial charge in [0.1, 0.15) is 0 Å². The summed E-state index contributed by atoms with van der Waals surface area (Å²) < 4.78 is 5.51. The van der Waals surface area contributed by atoms with Gasteiger partial charge in [0.05, 0.1) is 24.9 Å². The molecule has 0 amide bonds. The fourth-order valence-electron chi connectivity index (χ4n) is 1.65. The highest BCUT2D eigenvalue weighted by Gasteiger charge is 2.30. The summed E-state index contributed by atoms with van der Waals surface area (Å²) in [5, 5.41) is 17.9. The monoisotopic (exact) mass is 174 g/mol. The lowest BCUT2D eigenvalue weighted by atomic mass is 9.85. The van der Waals surface area contributed by atoms with Crippen molar-refractivity contribution in [1.82, 2.24) is 0 Å². The van der Waals surface area contributed by atoms with Crippen LogP contribution in [0.1, 0.15) is 32.6 Å². The van der Waals surface area contributed by atoms with E-state index in [0.717, 1.165) is 25.7 Å². The first kappa shape index (κ1) is 9.96. The predicted octanol–water partition coefficient (Wildman–Crippen LogP) is 0.689. The molecular formula is C9H18O3. The summed E-state index contributed by atoms with van der Waals surface area (Å²) in [6.07, 6.45) is 3.29. The largest absolute Gasteiger partial charge is 0.394 e. The van der Waals surface area contributed by atoms with Gasteiger partial charge in [0.15, 0.2) is 0 Å². The van der Waals surface area contributed by atoms with E-state index in [0.29, 0.717) is 6.61 Å². The summed E-state index contributed by atoms with van der Waals surface area (Å²) in [6.45, 7) is 2.54. The molecule has 0 bridgehead atoms. The van der Waals surface area contributed by atoms with E-state index < -0.39 is 0 Å². The molecular weight excluding hydrogens is 156 g/mol. The van der Waals surface area contributed by atoms with E-state index in [4.69, 9.17) is 9.84 Å². The van der Waals surface area contributed by atoms with Gasteiger partial charge in [-0.15, -0.1) is 0 Å². The Labute approximate surface area is 73.4 Å². The second kappa shape index (κ2) is 4.21. The molecule has 0 aliphatic heterocycles. The Morgan fingerprint density at radius 3 is 2.50 bits per heavy atom. The van der Waals surface area contributed by atoms with E-state index in [1.807, 2.05) is 0 Å². The number of aliphatic hydroxyl groups is 2. The van der Waals surface area contributed by atoms with Crippen molar-refractivity contribution in [2.24, 2.45) is 0 Å². The molecule has 1 fully saturated rings. The van der Waals surface area contributed by atoms with Crippen LogP contribution < -0.4 is 0 Å². The fourth-order valence-corrected chi connectivity index (χ4v) is 1.65. The topological polar surface area (TPSA) is 49.7 Å². The molecule has 0 saturated heterocycles. The lowest BCUT2D eigenvalue weighted by Gasteiger charge is -2.35. The first-order valence-electron chi connectivity index (χ1n) is 4.59. The molecule has 12 heavy (non-hydrogen) atoms. The van der Waals surface area contributed by atoms with E-state index in [1.54, 1.807) is 0 Å². The molecule has 1 aliphatic rings. The highest BCUT2D eigenvalue weighted by atomic mass is 16.5. The zero-order valence-corrected chi connectivity index (χ0v) is 7.62. The van der Waals surface area contributed by atoms with Gasteiger partial charge >= 0.3 is 0 Å². The van der Waals surface area contributed by atoms with Crippen molar-refractivity contribution in [2.45, 2.75) is 44.3 Å². The van der Waals surface area contributed by atoms with Crippen molar-refractivity contribution < 1.29 is 14.9 Å². The van der Waals surface area contributed by atoms with Crippen LogP contribution in [0.25, 0.3) is 0 Å². The van der Waals surface area contributed by atoms with Gasteiger partial charge in [-0.25, -0.2) is 0 Å². The Bertz CT molecular complexity index is 122. The van der Waals surface area contributed by atoms with Crippen LogP contribution in [0.5, 0.6) is 0 Å². The van der Waals surface area contributed by atoms with Gasteiger partial charge in [0, 0.05) is 0 Å². The maximum atomic E-state index is 9.26. The number of ether oxygens (including phenoxy) is 1. The summed E-state index contributed by atoms with van der Waals surface area (Å²) >= 11 is 0. The molecule has 3 nitrogen and oxygen atoms in total. The summed E-state index contributed by atoms with van der Waals surface area (Å²) in [6, 6.07) is 0. The average Bonchev–Trinajstić information content (AvgIpc) is 2.08. The fraction of sp³-hybridized carbons (Fsp3) is 1.00. The van der Waals surface area contributed by atoms with Crippen LogP contribution in [-0.4, -0.2) is 35.1 Å². The van der Waals surface area contributed by atoms with Crippen molar-refractivity contribution in [3.63, 3.8) is 0 Å². The first-order chi connectivity index (χ1) is 5.66. The summed E-state index contributed by atoms with van der Waals surface area (Å²) in [5.74, 6) is 0. The Morgan fingerprint density at radius 1 is 1.42 bits per heavy atom. The van der Waals surface area contributed by atoms with E-state index in [-0.39, 0.29) is 18.3 Å². The molecule has 0 unspecified atom stereocenters. The van der Waals surface area contributed by atoms with Gasteiger partial charge in [0.25, 0.3) is 0 Å². The number of hydrogen-bond donors (Lipinski definition) is 2. The zero-order chi connectivity index (χ0) is 9.03. The maximum Gasteiger partial charge on any atom is 0.0705 e. The molecule has 0 aromatic heterocycles. The molecule has 1 rings (SSSR count). The van der Waals surface area contributed by atoms with Gasteiger partial charge in [-0.2, -0.15) is 0 Å². The van der Waals surface area contributed by atoms with E-state index in [9.17, 15) is 5.11 Å². The number of aliphatic hydroxyl groups excluding tert-OH is 2. The minimum atomic E-state index is -0.143.